The Hall–Kier alpha value is -1.96. The van der Waals surface area contributed by atoms with Crippen LogP contribution in [0.1, 0.15) is 5.56 Å². The molecule has 0 aliphatic rings. The van der Waals surface area contributed by atoms with E-state index in [1.807, 2.05) is 0 Å². The van der Waals surface area contributed by atoms with Crippen LogP contribution in [-0.4, -0.2) is 44.7 Å². The standard InChI is InChI=1S/C12H14O7/c13-7-12(17,11(16)19-18)9(10(14)15)6-8-4-2-1-3-5-8/h1-5,9,13,17-18H,6-7H2,(H,14,15)/t9-,12+/m0/s1. The highest BCUT2D eigenvalue weighted by atomic mass is 17.1. The van der Waals surface area contributed by atoms with Gasteiger partial charge in [0.25, 0.3) is 0 Å². The van der Waals surface area contributed by atoms with Crippen molar-refractivity contribution in [2.75, 3.05) is 6.61 Å². The number of carbonyl (C=O) groups is 2. The zero-order chi connectivity index (χ0) is 14.5. The first kappa shape index (κ1) is 15.1. The maximum atomic E-state index is 11.3. The van der Waals surface area contributed by atoms with Crippen LogP contribution in [-0.2, 0) is 20.9 Å². The topological polar surface area (TPSA) is 124 Å². The first-order valence-corrected chi connectivity index (χ1v) is 5.41. The van der Waals surface area contributed by atoms with Crippen LogP contribution in [0.3, 0.4) is 0 Å². The van der Waals surface area contributed by atoms with Gasteiger partial charge in [-0.1, -0.05) is 30.3 Å². The molecule has 0 unspecified atom stereocenters. The van der Waals surface area contributed by atoms with E-state index in [1.54, 1.807) is 30.3 Å². The molecule has 1 aromatic rings. The average Bonchev–Trinajstić information content (AvgIpc) is 2.43. The van der Waals surface area contributed by atoms with Crippen molar-refractivity contribution in [1.82, 2.24) is 0 Å². The summed E-state index contributed by atoms with van der Waals surface area (Å²) in [5.74, 6) is -4.76. The average molecular weight is 270 g/mol. The molecule has 7 heteroatoms. The summed E-state index contributed by atoms with van der Waals surface area (Å²) in [5.41, 5.74) is -2.16. The van der Waals surface area contributed by atoms with Crippen molar-refractivity contribution in [2.24, 2.45) is 5.92 Å². The summed E-state index contributed by atoms with van der Waals surface area (Å²) < 4.78 is 0. The third-order valence-electron chi connectivity index (χ3n) is 2.83. The predicted octanol–water partition coefficient (Wildman–Crippen LogP) is -0.330. The van der Waals surface area contributed by atoms with Gasteiger partial charge in [0.05, 0.1) is 6.61 Å². The second-order valence-corrected chi connectivity index (χ2v) is 4.04. The van der Waals surface area contributed by atoms with Gasteiger partial charge in [-0.3, -0.25) is 9.68 Å². The number of aliphatic carboxylic acids is 1. The summed E-state index contributed by atoms with van der Waals surface area (Å²) in [5, 5.41) is 36.3. The van der Waals surface area contributed by atoms with E-state index in [-0.39, 0.29) is 6.42 Å². The minimum Gasteiger partial charge on any atom is -0.481 e. The molecule has 0 aliphatic carbocycles. The number of aliphatic hydroxyl groups excluding tert-OH is 1. The SMILES string of the molecule is O=C(O)[C@H](Cc1ccccc1)[C@](O)(CO)C(=O)OO. The van der Waals surface area contributed by atoms with Crippen molar-refractivity contribution in [3.8, 4) is 0 Å². The first-order valence-electron chi connectivity index (χ1n) is 5.41. The van der Waals surface area contributed by atoms with E-state index >= 15 is 0 Å². The third kappa shape index (κ3) is 3.28. The van der Waals surface area contributed by atoms with Gasteiger partial charge >= 0.3 is 11.9 Å². The Morgan fingerprint density at radius 2 is 1.84 bits per heavy atom. The van der Waals surface area contributed by atoms with Crippen LogP contribution >= 0.6 is 0 Å². The number of hydrogen-bond acceptors (Lipinski definition) is 6. The number of carbonyl (C=O) groups excluding carboxylic acids is 1. The molecule has 4 N–H and O–H groups in total. The Morgan fingerprint density at radius 1 is 1.26 bits per heavy atom. The lowest BCUT2D eigenvalue weighted by molar-refractivity contribution is -0.258. The molecular formula is C12H14O7. The normalized spacial score (nSPS) is 15.3. The molecule has 0 radical (unpaired) electrons. The van der Waals surface area contributed by atoms with E-state index in [2.05, 4.69) is 4.89 Å². The van der Waals surface area contributed by atoms with Crippen LogP contribution in [0.25, 0.3) is 0 Å². The van der Waals surface area contributed by atoms with Gasteiger partial charge < -0.3 is 15.3 Å². The van der Waals surface area contributed by atoms with Crippen molar-refractivity contribution >= 4 is 11.9 Å². The Labute approximate surface area is 108 Å². The Bertz CT molecular complexity index is 445. The Balaban J connectivity index is 3.06. The van der Waals surface area contributed by atoms with Gasteiger partial charge in [-0.05, 0) is 12.0 Å². The molecule has 0 saturated heterocycles. The van der Waals surface area contributed by atoms with Crippen LogP contribution < -0.4 is 0 Å². The fourth-order valence-corrected chi connectivity index (χ4v) is 1.71. The highest BCUT2D eigenvalue weighted by Crippen LogP contribution is 2.24. The Kier molecular flexibility index (Phi) is 4.99. The summed E-state index contributed by atoms with van der Waals surface area (Å²) in [6, 6.07) is 8.27. The summed E-state index contributed by atoms with van der Waals surface area (Å²) in [6.45, 7) is -1.18. The van der Waals surface area contributed by atoms with Crippen LogP contribution in [0.15, 0.2) is 30.3 Å². The molecule has 0 bridgehead atoms. The molecule has 0 heterocycles. The fourth-order valence-electron chi connectivity index (χ4n) is 1.71. The quantitative estimate of drug-likeness (QED) is 0.412. The van der Waals surface area contributed by atoms with E-state index in [4.69, 9.17) is 15.5 Å². The molecule has 0 aromatic heterocycles. The number of rotatable bonds is 6. The number of carboxylic acid groups (broad SMARTS) is 1. The van der Waals surface area contributed by atoms with Gasteiger partial charge in [-0.2, -0.15) is 5.26 Å². The lowest BCUT2D eigenvalue weighted by Gasteiger charge is -2.28. The molecule has 19 heavy (non-hydrogen) atoms. The second kappa shape index (κ2) is 6.28. The second-order valence-electron chi connectivity index (χ2n) is 4.04. The zero-order valence-electron chi connectivity index (χ0n) is 9.89. The molecular weight excluding hydrogens is 256 g/mol. The minimum atomic E-state index is -2.71. The van der Waals surface area contributed by atoms with Crippen molar-refractivity contribution in [3.05, 3.63) is 35.9 Å². The van der Waals surface area contributed by atoms with Gasteiger partial charge in [0.1, 0.15) is 5.92 Å². The molecule has 2 atom stereocenters. The van der Waals surface area contributed by atoms with Crippen LogP contribution in [0, 0.1) is 5.92 Å². The number of aliphatic hydroxyl groups is 2. The molecule has 1 aromatic carbocycles. The molecule has 1 rings (SSSR count). The molecule has 0 saturated carbocycles. The van der Waals surface area contributed by atoms with Crippen LogP contribution in [0.4, 0.5) is 0 Å². The van der Waals surface area contributed by atoms with Crippen molar-refractivity contribution in [3.63, 3.8) is 0 Å². The first-order chi connectivity index (χ1) is 8.95. The van der Waals surface area contributed by atoms with Gasteiger partial charge in [-0.15, -0.1) is 0 Å². The number of carboxylic acids is 1. The van der Waals surface area contributed by atoms with Gasteiger partial charge in [-0.25, -0.2) is 4.79 Å². The smallest absolute Gasteiger partial charge is 0.376 e. The van der Waals surface area contributed by atoms with E-state index in [0.717, 1.165) is 0 Å². The highest BCUT2D eigenvalue weighted by Gasteiger charge is 2.49. The van der Waals surface area contributed by atoms with E-state index in [0.29, 0.717) is 5.56 Å². The van der Waals surface area contributed by atoms with Gasteiger partial charge in [0.15, 0.2) is 0 Å². The fraction of sp³-hybridized carbons (Fsp3) is 0.333. The molecule has 0 aliphatic heterocycles. The molecule has 0 amide bonds. The Morgan fingerprint density at radius 3 is 2.26 bits per heavy atom. The van der Waals surface area contributed by atoms with Crippen LogP contribution in [0.5, 0.6) is 0 Å². The van der Waals surface area contributed by atoms with Gasteiger partial charge in [0, 0.05) is 0 Å². The van der Waals surface area contributed by atoms with E-state index in [9.17, 15) is 14.7 Å². The van der Waals surface area contributed by atoms with Crippen molar-refractivity contribution in [1.29, 1.82) is 0 Å². The lowest BCUT2D eigenvalue weighted by atomic mass is 9.83. The number of hydrogen-bond donors (Lipinski definition) is 4. The van der Waals surface area contributed by atoms with E-state index < -0.39 is 30.1 Å². The predicted molar refractivity (Wildman–Crippen MR) is 62.0 cm³/mol. The monoisotopic (exact) mass is 270 g/mol. The van der Waals surface area contributed by atoms with E-state index in [1.165, 1.54) is 0 Å². The highest BCUT2D eigenvalue weighted by molar-refractivity contribution is 5.86. The van der Waals surface area contributed by atoms with Crippen molar-refractivity contribution < 1.29 is 35.1 Å². The molecule has 0 fully saturated rings. The van der Waals surface area contributed by atoms with Gasteiger partial charge in [0.2, 0.25) is 5.60 Å². The summed E-state index contributed by atoms with van der Waals surface area (Å²) in [6.07, 6.45) is -0.206. The molecule has 104 valence electrons. The van der Waals surface area contributed by atoms with Crippen LogP contribution in [0.2, 0.25) is 0 Å². The van der Waals surface area contributed by atoms with Crippen molar-refractivity contribution in [2.45, 2.75) is 12.0 Å². The lowest BCUT2D eigenvalue weighted by Crippen LogP contribution is -2.53. The number of benzene rings is 1. The minimum absolute atomic E-state index is 0.206. The largest absolute Gasteiger partial charge is 0.481 e. The maximum absolute atomic E-state index is 11.3. The maximum Gasteiger partial charge on any atom is 0.376 e. The third-order valence-corrected chi connectivity index (χ3v) is 2.83. The zero-order valence-corrected chi connectivity index (χ0v) is 9.89. The molecule has 7 nitrogen and oxygen atoms in total. The molecule has 0 spiro atoms. The summed E-state index contributed by atoms with van der Waals surface area (Å²) in [4.78, 5) is 25.8. The summed E-state index contributed by atoms with van der Waals surface area (Å²) >= 11 is 0. The summed E-state index contributed by atoms with van der Waals surface area (Å²) in [7, 11) is 0.